The van der Waals surface area contributed by atoms with Gasteiger partial charge >= 0.3 is 0 Å². The van der Waals surface area contributed by atoms with Gasteiger partial charge in [0.25, 0.3) is 0 Å². The van der Waals surface area contributed by atoms with Crippen molar-refractivity contribution in [1.82, 2.24) is 4.31 Å². The van der Waals surface area contributed by atoms with E-state index in [0.29, 0.717) is 6.54 Å². The van der Waals surface area contributed by atoms with Crippen molar-refractivity contribution in [2.75, 3.05) is 6.54 Å². The first kappa shape index (κ1) is 15.7. The Balaban J connectivity index is 2.24. The van der Waals surface area contributed by atoms with Crippen molar-refractivity contribution in [2.45, 2.75) is 43.5 Å². The Morgan fingerprint density at radius 3 is 2.62 bits per heavy atom. The fourth-order valence-electron chi connectivity index (χ4n) is 2.67. The van der Waals surface area contributed by atoms with Crippen molar-refractivity contribution in [3.8, 4) is 6.07 Å². The summed E-state index contributed by atoms with van der Waals surface area (Å²) in [5.74, 6) is 0.00599. The molecule has 0 aliphatic carbocycles. The van der Waals surface area contributed by atoms with Gasteiger partial charge < -0.3 is 0 Å². The van der Waals surface area contributed by atoms with Crippen LogP contribution in [-0.2, 0) is 21.2 Å². The second kappa shape index (κ2) is 6.37. The minimum atomic E-state index is -3.57. The van der Waals surface area contributed by atoms with Crippen LogP contribution in [0.1, 0.15) is 31.7 Å². The fourth-order valence-corrected chi connectivity index (χ4v) is 4.36. The molecule has 0 aromatic heterocycles. The number of ketones is 1. The zero-order chi connectivity index (χ0) is 15.5. The topological polar surface area (TPSA) is 78.2 Å². The number of sulfonamides is 1. The molecule has 1 aromatic carbocycles. The van der Waals surface area contributed by atoms with Gasteiger partial charge in [0.15, 0.2) is 0 Å². The van der Waals surface area contributed by atoms with E-state index < -0.39 is 10.0 Å². The number of carbonyl (C=O) groups is 1. The van der Waals surface area contributed by atoms with Crippen LogP contribution in [0.5, 0.6) is 0 Å². The zero-order valence-electron chi connectivity index (χ0n) is 11.9. The van der Waals surface area contributed by atoms with E-state index in [4.69, 9.17) is 5.26 Å². The van der Waals surface area contributed by atoms with Crippen LogP contribution in [-0.4, -0.2) is 31.1 Å². The molecule has 0 bridgehead atoms. The molecule has 1 aromatic rings. The third kappa shape index (κ3) is 3.49. The largest absolute Gasteiger partial charge is 0.300 e. The molecule has 1 aliphatic heterocycles. The number of nitriles is 1. The van der Waals surface area contributed by atoms with Crippen LogP contribution in [0.4, 0.5) is 0 Å². The van der Waals surface area contributed by atoms with Gasteiger partial charge in [0.05, 0.1) is 17.4 Å². The second-order valence-corrected chi connectivity index (χ2v) is 7.19. The van der Waals surface area contributed by atoms with E-state index in [1.165, 1.54) is 23.4 Å². The predicted octanol–water partition coefficient (Wildman–Crippen LogP) is 1.88. The molecule has 1 saturated heterocycles. The molecule has 2 rings (SSSR count). The molecular weight excluding hydrogens is 288 g/mol. The fraction of sp³-hybridized carbons (Fsp3) is 0.467. The quantitative estimate of drug-likeness (QED) is 0.832. The van der Waals surface area contributed by atoms with Crippen LogP contribution >= 0.6 is 0 Å². The second-order valence-electron chi connectivity index (χ2n) is 5.30. The molecule has 0 spiro atoms. The van der Waals surface area contributed by atoms with Crippen LogP contribution in [0.15, 0.2) is 29.2 Å². The maximum Gasteiger partial charge on any atom is 0.243 e. The van der Waals surface area contributed by atoms with Gasteiger partial charge in [-0.3, -0.25) is 4.79 Å². The van der Waals surface area contributed by atoms with Crippen molar-refractivity contribution >= 4 is 15.8 Å². The highest BCUT2D eigenvalue weighted by atomic mass is 32.2. The van der Waals surface area contributed by atoms with E-state index in [1.807, 2.05) is 6.07 Å². The molecule has 1 fully saturated rings. The highest BCUT2D eigenvalue weighted by molar-refractivity contribution is 7.89. The van der Waals surface area contributed by atoms with Crippen LogP contribution in [0.25, 0.3) is 0 Å². The smallest absolute Gasteiger partial charge is 0.243 e. The van der Waals surface area contributed by atoms with Gasteiger partial charge in [-0.1, -0.05) is 12.1 Å². The number of rotatable bonds is 5. The molecule has 1 heterocycles. The standard InChI is InChI=1S/C15H18N2O3S/c1-12(18)11-14-3-2-10-17(14)21(19,20)15-6-4-13(5-7-15)8-9-16/h4-7,14H,2-3,8,10-11H2,1H3. The summed E-state index contributed by atoms with van der Waals surface area (Å²) < 4.78 is 26.7. The van der Waals surface area contributed by atoms with Crippen molar-refractivity contribution in [3.05, 3.63) is 29.8 Å². The van der Waals surface area contributed by atoms with Gasteiger partial charge in [-0.25, -0.2) is 8.42 Å². The van der Waals surface area contributed by atoms with Crippen molar-refractivity contribution in [3.63, 3.8) is 0 Å². The summed E-state index contributed by atoms with van der Waals surface area (Å²) in [6, 6.07) is 8.18. The number of nitrogens with zero attached hydrogens (tertiary/aromatic N) is 2. The third-order valence-corrected chi connectivity index (χ3v) is 5.63. The average molecular weight is 306 g/mol. The van der Waals surface area contributed by atoms with E-state index in [1.54, 1.807) is 12.1 Å². The highest BCUT2D eigenvalue weighted by Gasteiger charge is 2.35. The normalized spacial score (nSPS) is 19.3. The maximum absolute atomic E-state index is 12.6. The lowest BCUT2D eigenvalue weighted by molar-refractivity contribution is -0.117. The first-order valence-electron chi connectivity index (χ1n) is 6.92. The van der Waals surface area contributed by atoms with Gasteiger partial charge in [-0.15, -0.1) is 0 Å². The number of carbonyl (C=O) groups excluding carboxylic acids is 1. The van der Waals surface area contributed by atoms with Crippen LogP contribution in [0.3, 0.4) is 0 Å². The molecule has 112 valence electrons. The monoisotopic (exact) mass is 306 g/mol. The lowest BCUT2D eigenvalue weighted by atomic mass is 10.1. The van der Waals surface area contributed by atoms with Crippen molar-refractivity contribution in [1.29, 1.82) is 5.26 Å². The molecular formula is C15H18N2O3S. The van der Waals surface area contributed by atoms with Crippen molar-refractivity contribution < 1.29 is 13.2 Å². The minimum absolute atomic E-state index is 0.00599. The van der Waals surface area contributed by atoms with Gasteiger partial charge in [0.1, 0.15) is 5.78 Å². The van der Waals surface area contributed by atoms with E-state index in [-0.39, 0.29) is 29.6 Å². The van der Waals surface area contributed by atoms with E-state index in [0.717, 1.165) is 18.4 Å². The number of hydrogen-bond donors (Lipinski definition) is 0. The summed E-state index contributed by atoms with van der Waals surface area (Å²) in [7, 11) is -3.57. The van der Waals surface area contributed by atoms with Gasteiger partial charge in [0, 0.05) is 19.0 Å². The van der Waals surface area contributed by atoms with Crippen LogP contribution in [0, 0.1) is 11.3 Å². The summed E-state index contributed by atoms with van der Waals surface area (Å²) in [6.45, 7) is 1.94. The van der Waals surface area contributed by atoms with Gasteiger partial charge in [0.2, 0.25) is 10.0 Å². The first-order chi connectivity index (χ1) is 9.95. The minimum Gasteiger partial charge on any atom is -0.300 e. The molecule has 0 amide bonds. The number of benzene rings is 1. The summed E-state index contributed by atoms with van der Waals surface area (Å²) in [4.78, 5) is 11.5. The van der Waals surface area contributed by atoms with E-state index in [2.05, 4.69) is 0 Å². The third-order valence-electron chi connectivity index (χ3n) is 3.66. The SMILES string of the molecule is CC(=O)CC1CCCN1S(=O)(=O)c1ccc(CC#N)cc1. The van der Waals surface area contributed by atoms with Crippen molar-refractivity contribution in [2.24, 2.45) is 0 Å². The number of hydrogen-bond acceptors (Lipinski definition) is 4. The molecule has 0 saturated carbocycles. The Morgan fingerprint density at radius 1 is 1.38 bits per heavy atom. The molecule has 5 nitrogen and oxygen atoms in total. The molecule has 6 heteroatoms. The van der Waals surface area contributed by atoms with Crippen LogP contribution < -0.4 is 0 Å². The molecule has 1 unspecified atom stereocenters. The Kier molecular flexibility index (Phi) is 4.76. The lowest BCUT2D eigenvalue weighted by Gasteiger charge is -2.23. The maximum atomic E-state index is 12.6. The summed E-state index contributed by atoms with van der Waals surface area (Å²) in [5, 5.41) is 8.63. The number of Topliss-reactive ketones (excluding diaryl/α,β-unsaturated/α-hetero) is 1. The predicted molar refractivity (Wildman–Crippen MR) is 78.0 cm³/mol. The first-order valence-corrected chi connectivity index (χ1v) is 8.36. The Labute approximate surface area is 125 Å². The molecule has 0 radical (unpaired) electrons. The summed E-state index contributed by atoms with van der Waals surface area (Å²) >= 11 is 0. The molecule has 0 N–H and O–H groups in total. The Hall–Kier alpha value is -1.71. The molecule has 1 atom stereocenters. The van der Waals surface area contributed by atoms with Gasteiger partial charge in [-0.2, -0.15) is 9.57 Å². The van der Waals surface area contributed by atoms with Crippen LogP contribution in [0.2, 0.25) is 0 Å². The van der Waals surface area contributed by atoms with Gasteiger partial charge in [-0.05, 0) is 37.5 Å². The average Bonchev–Trinajstić information content (AvgIpc) is 2.88. The molecule has 21 heavy (non-hydrogen) atoms. The Bertz CT molecular complexity index is 659. The molecule has 1 aliphatic rings. The Morgan fingerprint density at radius 2 is 2.05 bits per heavy atom. The van der Waals surface area contributed by atoms with E-state index >= 15 is 0 Å². The van der Waals surface area contributed by atoms with E-state index in [9.17, 15) is 13.2 Å². The zero-order valence-corrected chi connectivity index (χ0v) is 12.8. The summed E-state index contributed by atoms with van der Waals surface area (Å²) in [6.07, 6.45) is 2.04. The summed E-state index contributed by atoms with van der Waals surface area (Å²) in [5.41, 5.74) is 0.790. The highest BCUT2D eigenvalue weighted by Crippen LogP contribution is 2.28. The lowest BCUT2D eigenvalue weighted by Crippen LogP contribution is -2.36.